The number of likely N-dealkylation sites (tertiary alicyclic amines) is 1. The molecule has 108 valence electrons. The Kier molecular flexibility index (Phi) is 3.84. The third kappa shape index (κ3) is 2.76. The van der Waals surface area contributed by atoms with Crippen molar-refractivity contribution in [2.75, 3.05) is 13.1 Å². The standard InChI is InChI=1S/C14H20N4O2/c1-10-4-5-11(7-15)8-18(10)9-13-16-17-14(20-13)12-3-2-6-19-12/h2-3,6,10-11H,4-5,7-9,15H2,1H3. The number of aromatic nitrogens is 2. The SMILES string of the molecule is CC1CCC(CN)CN1Cc1nnc(-c2ccco2)o1. The van der Waals surface area contributed by atoms with Crippen LogP contribution in [0.2, 0.25) is 0 Å². The molecule has 1 fully saturated rings. The molecule has 0 amide bonds. The van der Waals surface area contributed by atoms with Crippen LogP contribution in [0, 0.1) is 5.92 Å². The summed E-state index contributed by atoms with van der Waals surface area (Å²) in [6.45, 7) is 4.64. The van der Waals surface area contributed by atoms with Crippen LogP contribution in [0.25, 0.3) is 11.7 Å². The first-order chi connectivity index (χ1) is 9.76. The van der Waals surface area contributed by atoms with Gasteiger partial charge in [-0.15, -0.1) is 10.2 Å². The van der Waals surface area contributed by atoms with E-state index < -0.39 is 0 Å². The Morgan fingerprint density at radius 3 is 3.05 bits per heavy atom. The molecule has 0 aromatic carbocycles. The smallest absolute Gasteiger partial charge is 0.283 e. The lowest BCUT2D eigenvalue weighted by Crippen LogP contribution is -2.43. The molecule has 2 atom stereocenters. The first-order valence-electron chi connectivity index (χ1n) is 7.06. The Hall–Kier alpha value is -1.66. The molecular weight excluding hydrogens is 256 g/mol. The van der Waals surface area contributed by atoms with Crippen molar-refractivity contribution in [1.29, 1.82) is 0 Å². The van der Waals surface area contributed by atoms with Crippen LogP contribution in [0.3, 0.4) is 0 Å². The molecule has 0 saturated carbocycles. The van der Waals surface area contributed by atoms with Gasteiger partial charge in [0.2, 0.25) is 5.89 Å². The maximum atomic E-state index is 5.78. The van der Waals surface area contributed by atoms with Crippen molar-refractivity contribution < 1.29 is 8.83 Å². The highest BCUT2D eigenvalue weighted by Gasteiger charge is 2.26. The van der Waals surface area contributed by atoms with Gasteiger partial charge < -0.3 is 14.6 Å². The number of nitrogens with two attached hydrogens (primary N) is 1. The van der Waals surface area contributed by atoms with Crippen LogP contribution < -0.4 is 5.73 Å². The third-order valence-electron chi connectivity index (χ3n) is 3.98. The van der Waals surface area contributed by atoms with Crippen LogP contribution in [-0.2, 0) is 6.54 Å². The Morgan fingerprint density at radius 2 is 2.30 bits per heavy atom. The summed E-state index contributed by atoms with van der Waals surface area (Å²) in [6, 6.07) is 4.14. The lowest BCUT2D eigenvalue weighted by atomic mass is 9.93. The van der Waals surface area contributed by atoms with Gasteiger partial charge in [0.05, 0.1) is 12.8 Å². The van der Waals surface area contributed by atoms with E-state index in [9.17, 15) is 0 Å². The summed E-state index contributed by atoms with van der Waals surface area (Å²) in [6.07, 6.45) is 3.97. The maximum absolute atomic E-state index is 5.78. The van der Waals surface area contributed by atoms with Crippen molar-refractivity contribution in [3.05, 3.63) is 24.3 Å². The average molecular weight is 276 g/mol. The zero-order valence-electron chi connectivity index (χ0n) is 11.7. The highest BCUT2D eigenvalue weighted by Crippen LogP contribution is 2.24. The summed E-state index contributed by atoms with van der Waals surface area (Å²) in [5, 5.41) is 8.13. The zero-order valence-corrected chi connectivity index (χ0v) is 11.7. The highest BCUT2D eigenvalue weighted by atomic mass is 16.4. The van der Waals surface area contributed by atoms with Crippen LogP contribution in [0.15, 0.2) is 27.2 Å². The van der Waals surface area contributed by atoms with E-state index >= 15 is 0 Å². The summed E-state index contributed by atoms with van der Waals surface area (Å²) in [5.41, 5.74) is 5.78. The quantitative estimate of drug-likeness (QED) is 0.918. The van der Waals surface area contributed by atoms with Gasteiger partial charge in [-0.3, -0.25) is 4.90 Å². The Bertz CT molecular complexity index is 537. The van der Waals surface area contributed by atoms with Crippen molar-refractivity contribution in [2.45, 2.75) is 32.4 Å². The van der Waals surface area contributed by atoms with E-state index in [4.69, 9.17) is 14.6 Å². The Morgan fingerprint density at radius 1 is 1.40 bits per heavy atom. The fourth-order valence-electron chi connectivity index (χ4n) is 2.67. The summed E-state index contributed by atoms with van der Waals surface area (Å²) < 4.78 is 10.9. The first-order valence-corrected chi connectivity index (χ1v) is 7.06. The number of hydrogen-bond donors (Lipinski definition) is 1. The monoisotopic (exact) mass is 276 g/mol. The molecule has 2 N–H and O–H groups in total. The molecule has 2 aromatic heterocycles. The summed E-state index contributed by atoms with van der Waals surface area (Å²) >= 11 is 0. The molecule has 0 bridgehead atoms. The lowest BCUT2D eigenvalue weighted by molar-refractivity contribution is 0.103. The lowest BCUT2D eigenvalue weighted by Gasteiger charge is -2.36. The summed E-state index contributed by atoms with van der Waals surface area (Å²) in [7, 11) is 0. The molecule has 0 radical (unpaired) electrons. The molecule has 1 aliphatic heterocycles. The van der Waals surface area contributed by atoms with Crippen molar-refractivity contribution >= 4 is 0 Å². The number of furan rings is 1. The predicted molar refractivity (Wildman–Crippen MR) is 73.7 cm³/mol. The second kappa shape index (κ2) is 5.76. The normalized spacial score (nSPS) is 24.1. The molecule has 1 saturated heterocycles. The average Bonchev–Trinajstić information content (AvgIpc) is 3.12. The first kappa shape index (κ1) is 13.3. The minimum atomic E-state index is 0.435. The third-order valence-corrected chi connectivity index (χ3v) is 3.98. The van der Waals surface area contributed by atoms with Crippen LogP contribution in [0.1, 0.15) is 25.7 Å². The molecule has 1 aliphatic rings. The van der Waals surface area contributed by atoms with E-state index in [1.54, 1.807) is 12.3 Å². The van der Waals surface area contributed by atoms with Gasteiger partial charge in [-0.05, 0) is 44.4 Å². The van der Waals surface area contributed by atoms with Crippen LogP contribution in [-0.4, -0.2) is 34.2 Å². The van der Waals surface area contributed by atoms with Gasteiger partial charge in [0.25, 0.3) is 5.89 Å². The number of nitrogens with zero attached hydrogens (tertiary/aromatic N) is 3. The van der Waals surface area contributed by atoms with E-state index in [-0.39, 0.29) is 0 Å². The van der Waals surface area contributed by atoms with Gasteiger partial charge in [-0.2, -0.15) is 0 Å². The summed E-state index contributed by atoms with van der Waals surface area (Å²) in [5.74, 6) is 2.24. The fourth-order valence-corrected chi connectivity index (χ4v) is 2.67. The fraction of sp³-hybridized carbons (Fsp3) is 0.571. The van der Waals surface area contributed by atoms with Crippen LogP contribution in [0.4, 0.5) is 0 Å². The van der Waals surface area contributed by atoms with E-state index in [0.717, 1.165) is 13.1 Å². The van der Waals surface area contributed by atoms with Gasteiger partial charge >= 0.3 is 0 Å². The van der Waals surface area contributed by atoms with Gasteiger partial charge in [-0.25, -0.2) is 0 Å². The van der Waals surface area contributed by atoms with Gasteiger partial charge in [0.1, 0.15) is 0 Å². The molecule has 2 unspecified atom stereocenters. The van der Waals surface area contributed by atoms with Gasteiger partial charge in [0.15, 0.2) is 5.76 Å². The highest BCUT2D eigenvalue weighted by molar-refractivity contribution is 5.42. The number of hydrogen-bond acceptors (Lipinski definition) is 6. The Balaban J connectivity index is 1.68. The van der Waals surface area contributed by atoms with Crippen molar-refractivity contribution in [1.82, 2.24) is 15.1 Å². The second-order valence-electron chi connectivity index (χ2n) is 5.44. The van der Waals surface area contributed by atoms with Crippen LogP contribution in [0.5, 0.6) is 0 Å². The molecule has 2 aromatic rings. The zero-order chi connectivity index (χ0) is 13.9. The van der Waals surface area contributed by atoms with Crippen molar-refractivity contribution in [3.8, 4) is 11.7 Å². The van der Waals surface area contributed by atoms with Gasteiger partial charge in [0, 0.05) is 12.6 Å². The molecule has 0 spiro atoms. The second-order valence-corrected chi connectivity index (χ2v) is 5.44. The molecule has 6 heteroatoms. The molecule has 6 nitrogen and oxygen atoms in total. The maximum Gasteiger partial charge on any atom is 0.283 e. The predicted octanol–water partition coefficient (Wildman–Crippen LogP) is 1.89. The molecule has 3 rings (SSSR count). The molecule has 0 aliphatic carbocycles. The molecule has 20 heavy (non-hydrogen) atoms. The van der Waals surface area contributed by atoms with Gasteiger partial charge in [-0.1, -0.05) is 0 Å². The summed E-state index contributed by atoms with van der Waals surface area (Å²) in [4.78, 5) is 2.36. The van der Waals surface area contributed by atoms with Crippen molar-refractivity contribution in [3.63, 3.8) is 0 Å². The van der Waals surface area contributed by atoms with E-state index in [2.05, 4.69) is 22.0 Å². The largest absolute Gasteiger partial charge is 0.459 e. The van der Waals surface area contributed by atoms with E-state index in [0.29, 0.717) is 36.0 Å². The van der Waals surface area contributed by atoms with E-state index in [1.807, 2.05) is 6.07 Å². The minimum absolute atomic E-state index is 0.435. The van der Waals surface area contributed by atoms with Crippen LogP contribution >= 0.6 is 0 Å². The molecular formula is C14H20N4O2. The topological polar surface area (TPSA) is 81.3 Å². The number of piperidine rings is 1. The number of rotatable bonds is 4. The minimum Gasteiger partial charge on any atom is -0.459 e. The van der Waals surface area contributed by atoms with E-state index in [1.165, 1.54) is 12.8 Å². The molecule has 3 heterocycles. The van der Waals surface area contributed by atoms with Crippen molar-refractivity contribution in [2.24, 2.45) is 11.7 Å². The Labute approximate surface area is 117 Å².